The van der Waals surface area contributed by atoms with Gasteiger partial charge in [-0.05, 0) is 80.6 Å². The summed E-state index contributed by atoms with van der Waals surface area (Å²) in [5.41, 5.74) is 7.99. The van der Waals surface area contributed by atoms with Gasteiger partial charge in [0.1, 0.15) is 17.3 Å². The Labute approximate surface area is 206 Å². The number of hydrogen-bond donors (Lipinski definition) is 1. The zero-order valence-corrected chi connectivity index (χ0v) is 20.5. The number of likely N-dealkylation sites (tertiary alicyclic amines) is 2. The van der Waals surface area contributed by atoms with Crippen molar-refractivity contribution >= 4 is 11.8 Å². The summed E-state index contributed by atoms with van der Waals surface area (Å²) in [5, 5.41) is 0. The molecule has 7 nitrogen and oxygen atoms in total. The number of amides is 2. The molecule has 0 atom stereocenters. The number of rotatable bonds is 9. The summed E-state index contributed by atoms with van der Waals surface area (Å²) < 4.78 is 25.5. The van der Waals surface area contributed by atoms with Gasteiger partial charge in [0.05, 0.1) is 25.3 Å². The van der Waals surface area contributed by atoms with Crippen molar-refractivity contribution in [1.29, 1.82) is 0 Å². The number of piperidine rings is 1. The van der Waals surface area contributed by atoms with E-state index in [1.807, 2.05) is 26.0 Å². The summed E-state index contributed by atoms with van der Waals surface area (Å²) in [5.74, 6) is 0.711. The standard InChI is InChI=1S/C27H34FN3O4/c1-3-34-22-13-19(14-23(35-4-2)26(22)20-5-7-21(28)8-6-20)16-30-11-9-27(10-12-30)15-25(33)31(18-27)17-24(29)32/h5-8,13-14H,3-4,9-12,15-18H2,1-2H3,(H2,29,32). The number of nitrogens with zero attached hydrogens (tertiary/aromatic N) is 2. The molecule has 2 saturated heterocycles. The lowest BCUT2D eigenvalue weighted by Gasteiger charge is -2.39. The van der Waals surface area contributed by atoms with Crippen LogP contribution in [0.5, 0.6) is 11.5 Å². The highest BCUT2D eigenvalue weighted by molar-refractivity contribution is 5.85. The van der Waals surface area contributed by atoms with Gasteiger partial charge in [-0.15, -0.1) is 0 Å². The Morgan fingerprint density at radius 1 is 1.06 bits per heavy atom. The minimum Gasteiger partial charge on any atom is -0.493 e. The Kier molecular flexibility index (Phi) is 7.60. The summed E-state index contributed by atoms with van der Waals surface area (Å²) in [4.78, 5) is 27.7. The molecule has 2 fully saturated rings. The van der Waals surface area contributed by atoms with Crippen molar-refractivity contribution < 1.29 is 23.5 Å². The van der Waals surface area contributed by atoms with Gasteiger partial charge in [0.15, 0.2) is 0 Å². The average molecular weight is 484 g/mol. The summed E-state index contributed by atoms with van der Waals surface area (Å²) >= 11 is 0. The fraction of sp³-hybridized carbons (Fsp3) is 0.481. The lowest BCUT2D eigenvalue weighted by atomic mass is 9.77. The van der Waals surface area contributed by atoms with Crippen molar-refractivity contribution in [3.05, 3.63) is 47.8 Å². The van der Waals surface area contributed by atoms with Gasteiger partial charge < -0.3 is 20.1 Å². The molecule has 2 aliphatic heterocycles. The first-order valence-corrected chi connectivity index (χ1v) is 12.3. The largest absolute Gasteiger partial charge is 0.493 e. The zero-order valence-electron chi connectivity index (χ0n) is 20.5. The van der Waals surface area contributed by atoms with Crippen LogP contribution >= 0.6 is 0 Å². The lowest BCUT2D eigenvalue weighted by Crippen LogP contribution is -2.42. The molecule has 0 bridgehead atoms. The number of carbonyl (C=O) groups is 2. The smallest absolute Gasteiger partial charge is 0.237 e. The highest BCUT2D eigenvalue weighted by Crippen LogP contribution is 2.43. The molecule has 35 heavy (non-hydrogen) atoms. The van der Waals surface area contributed by atoms with Crippen LogP contribution < -0.4 is 15.2 Å². The summed E-state index contributed by atoms with van der Waals surface area (Å²) in [6.07, 6.45) is 2.29. The summed E-state index contributed by atoms with van der Waals surface area (Å²) in [6, 6.07) is 10.5. The normalized spacial score (nSPS) is 17.7. The maximum absolute atomic E-state index is 13.5. The Hall–Kier alpha value is -3.13. The topological polar surface area (TPSA) is 85.1 Å². The monoisotopic (exact) mass is 483 g/mol. The molecule has 188 valence electrons. The van der Waals surface area contributed by atoms with Gasteiger partial charge in [-0.3, -0.25) is 14.5 Å². The predicted octanol–water partition coefficient (Wildman–Crippen LogP) is 3.59. The van der Waals surface area contributed by atoms with Crippen molar-refractivity contribution in [2.75, 3.05) is 39.4 Å². The van der Waals surface area contributed by atoms with Crippen molar-refractivity contribution in [3.8, 4) is 22.6 Å². The molecule has 2 N–H and O–H groups in total. The fourth-order valence-electron chi connectivity index (χ4n) is 5.27. The highest BCUT2D eigenvalue weighted by Gasteiger charge is 2.45. The van der Waals surface area contributed by atoms with Gasteiger partial charge in [0.25, 0.3) is 0 Å². The third-order valence-electron chi connectivity index (χ3n) is 6.93. The van der Waals surface area contributed by atoms with Crippen molar-refractivity contribution in [2.24, 2.45) is 11.1 Å². The molecule has 4 rings (SSSR count). The molecule has 2 amide bonds. The van der Waals surface area contributed by atoms with Gasteiger partial charge >= 0.3 is 0 Å². The predicted molar refractivity (Wildman–Crippen MR) is 132 cm³/mol. The minimum atomic E-state index is -0.466. The first kappa shape index (κ1) is 25.0. The van der Waals surface area contributed by atoms with E-state index in [1.165, 1.54) is 12.1 Å². The molecule has 2 aromatic carbocycles. The second kappa shape index (κ2) is 10.6. The molecule has 1 spiro atoms. The number of hydrogen-bond acceptors (Lipinski definition) is 5. The maximum Gasteiger partial charge on any atom is 0.237 e. The third kappa shape index (κ3) is 5.75. The Balaban J connectivity index is 1.50. The minimum absolute atomic E-state index is 0.00507. The van der Waals surface area contributed by atoms with E-state index < -0.39 is 5.91 Å². The second-order valence-corrected chi connectivity index (χ2v) is 9.51. The quantitative estimate of drug-likeness (QED) is 0.589. The number of benzene rings is 2. The van der Waals surface area contributed by atoms with Crippen LogP contribution in [0.2, 0.25) is 0 Å². The molecule has 0 aromatic heterocycles. The Bertz CT molecular complexity index is 1040. The Morgan fingerprint density at radius 3 is 2.20 bits per heavy atom. The van der Waals surface area contributed by atoms with Crippen LogP contribution in [-0.2, 0) is 16.1 Å². The van der Waals surface area contributed by atoms with E-state index in [9.17, 15) is 14.0 Å². The van der Waals surface area contributed by atoms with Crippen molar-refractivity contribution in [2.45, 2.75) is 39.7 Å². The van der Waals surface area contributed by atoms with Gasteiger partial charge in [0.2, 0.25) is 11.8 Å². The van der Waals surface area contributed by atoms with Gasteiger partial charge in [-0.25, -0.2) is 4.39 Å². The highest BCUT2D eigenvalue weighted by atomic mass is 19.1. The second-order valence-electron chi connectivity index (χ2n) is 9.51. The maximum atomic E-state index is 13.5. The van der Waals surface area contributed by atoms with Crippen LogP contribution in [0.25, 0.3) is 11.1 Å². The molecule has 2 aliphatic rings. The third-order valence-corrected chi connectivity index (χ3v) is 6.93. The van der Waals surface area contributed by atoms with Gasteiger partial charge in [-0.1, -0.05) is 12.1 Å². The van der Waals surface area contributed by atoms with Crippen LogP contribution in [0.3, 0.4) is 0 Å². The van der Waals surface area contributed by atoms with Crippen LogP contribution in [0, 0.1) is 11.2 Å². The zero-order chi connectivity index (χ0) is 25.0. The number of carbonyl (C=O) groups excluding carboxylic acids is 2. The summed E-state index contributed by atoms with van der Waals surface area (Å²) in [7, 11) is 0. The molecule has 2 heterocycles. The van der Waals surface area contributed by atoms with E-state index in [1.54, 1.807) is 17.0 Å². The first-order chi connectivity index (χ1) is 16.8. The van der Waals surface area contributed by atoms with E-state index in [0.717, 1.165) is 60.7 Å². The number of ether oxygens (including phenoxy) is 2. The lowest BCUT2D eigenvalue weighted by molar-refractivity contribution is -0.132. The molecule has 8 heteroatoms. The number of primary amides is 1. The van der Waals surface area contributed by atoms with Crippen molar-refractivity contribution in [3.63, 3.8) is 0 Å². The van der Waals surface area contributed by atoms with E-state index in [4.69, 9.17) is 15.2 Å². The molecular weight excluding hydrogens is 449 g/mol. The van der Waals surface area contributed by atoms with E-state index in [0.29, 0.717) is 26.2 Å². The number of nitrogens with two attached hydrogens (primary N) is 1. The summed E-state index contributed by atoms with van der Waals surface area (Å²) in [6.45, 7) is 7.97. The fourth-order valence-corrected chi connectivity index (χ4v) is 5.27. The molecule has 2 aromatic rings. The van der Waals surface area contributed by atoms with E-state index in [-0.39, 0.29) is 23.7 Å². The van der Waals surface area contributed by atoms with Crippen molar-refractivity contribution in [1.82, 2.24) is 9.80 Å². The van der Waals surface area contributed by atoms with Crippen LogP contribution in [0.1, 0.15) is 38.7 Å². The Morgan fingerprint density at radius 2 is 1.66 bits per heavy atom. The van der Waals surface area contributed by atoms with Crippen LogP contribution in [-0.4, -0.2) is 61.0 Å². The van der Waals surface area contributed by atoms with E-state index >= 15 is 0 Å². The molecule has 0 saturated carbocycles. The first-order valence-electron chi connectivity index (χ1n) is 12.3. The molecule has 0 unspecified atom stereocenters. The molecule has 0 radical (unpaired) electrons. The van der Waals surface area contributed by atoms with E-state index in [2.05, 4.69) is 4.90 Å². The molecular formula is C27H34FN3O4. The average Bonchev–Trinajstić information content (AvgIpc) is 3.10. The molecule has 0 aliphatic carbocycles. The van der Waals surface area contributed by atoms with Crippen LogP contribution in [0.15, 0.2) is 36.4 Å². The van der Waals surface area contributed by atoms with Crippen LogP contribution in [0.4, 0.5) is 4.39 Å². The SMILES string of the molecule is CCOc1cc(CN2CCC3(CC2)CC(=O)N(CC(N)=O)C3)cc(OCC)c1-c1ccc(F)cc1. The number of halogens is 1. The van der Waals surface area contributed by atoms with Gasteiger partial charge in [-0.2, -0.15) is 0 Å². The van der Waals surface area contributed by atoms with Gasteiger partial charge in [0, 0.05) is 19.5 Å².